The van der Waals surface area contributed by atoms with Gasteiger partial charge in [0.2, 0.25) is 0 Å². The molecule has 2 aromatic rings. The lowest BCUT2D eigenvalue weighted by molar-refractivity contribution is 0.356. The van der Waals surface area contributed by atoms with Crippen LogP contribution in [0.5, 0.6) is 0 Å². The molecule has 1 aliphatic rings. The van der Waals surface area contributed by atoms with Gasteiger partial charge in [0.25, 0.3) is 0 Å². The van der Waals surface area contributed by atoms with Gasteiger partial charge < -0.3 is 10.3 Å². The van der Waals surface area contributed by atoms with E-state index in [-0.39, 0.29) is 0 Å². The third-order valence-electron chi connectivity index (χ3n) is 4.59. The predicted octanol–water partition coefficient (Wildman–Crippen LogP) is 4.23. The molecule has 2 heteroatoms. The number of H-pyrrole nitrogens is 1. The highest BCUT2D eigenvalue weighted by molar-refractivity contribution is 5.82. The summed E-state index contributed by atoms with van der Waals surface area (Å²) in [6.07, 6.45) is 8.95. The number of hydrogen-bond acceptors (Lipinski definition) is 1. The maximum atomic E-state index is 3.79. The first kappa shape index (κ1) is 12.7. The van der Waals surface area contributed by atoms with Crippen LogP contribution in [0.4, 0.5) is 0 Å². The Labute approximate surface area is 115 Å². The Morgan fingerprint density at radius 1 is 1.16 bits per heavy atom. The lowest BCUT2D eigenvalue weighted by atomic mass is 9.96. The summed E-state index contributed by atoms with van der Waals surface area (Å²) >= 11 is 0. The Kier molecular flexibility index (Phi) is 3.88. The molecule has 19 heavy (non-hydrogen) atoms. The fourth-order valence-electron chi connectivity index (χ4n) is 3.33. The summed E-state index contributed by atoms with van der Waals surface area (Å²) in [5, 5.41) is 5.10. The Morgan fingerprint density at radius 3 is 3.00 bits per heavy atom. The SMILES string of the molecule is CC1CCCCCC1NCc1cccc2cc[nH]c12. The monoisotopic (exact) mass is 256 g/mol. The van der Waals surface area contributed by atoms with Crippen LogP contribution >= 0.6 is 0 Å². The van der Waals surface area contributed by atoms with Crippen molar-refractivity contribution in [3.8, 4) is 0 Å². The second-order valence-electron chi connectivity index (χ2n) is 5.96. The van der Waals surface area contributed by atoms with E-state index in [1.165, 1.54) is 48.6 Å². The zero-order valence-corrected chi connectivity index (χ0v) is 11.8. The van der Waals surface area contributed by atoms with Crippen LogP contribution in [0.15, 0.2) is 30.5 Å². The van der Waals surface area contributed by atoms with Crippen molar-refractivity contribution in [3.05, 3.63) is 36.0 Å². The molecule has 0 amide bonds. The minimum Gasteiger partial charge on any atom is -0.361 e. The van der Waals surface area contributed by atoms with Gasteiger partial charge in [0.15, 0.2) is 0 Å². The van der Waals surface area contributed by atoms with Crippen molar-refractivity contribution in [1.29, 1.82) is 0 Å². The highest BCUT2D eigenvalue weighted by Gasteiger charge is 2.19. The molecule has 1 aromatic carbocycles. The van der Waals surface area contributed by atoms with Gasteiger partial charge in [-0.05, 0) is 35.8 Å². The van der Waals surface area contributed by atoms with Crippen molar-refractivity contribution in [1.82, 2.24) is 10.3 Å². The third kappa shape index (κ3) is 2.84. The van der Waals surface area contributed by atoms with Crippen molar-refractivity contribution >= 4 is 10.9 Å². The smallest absolute Gasteiger partial charge is 0.0499 e. The molecule has 2 unspecified atom stereocenters. The standard InChI is InChI=1S/C17H24N2/c1-13-6-3-2-4-9-16(13)19-12-15-8-5-7-14-10-11-18-17(14)15/h5,7-8,10-11,13,16,18-19H,2-4,6,9,12H2,1H3. The number of aromatic nitrogens is 1. The van der Waals surface area contributed by atoms with Crippen LogP contribution in [-0.2, 0) is 6.54 Å². The highest BCUT2D eigenvalue weighted by atomic mass is 14.9. The lowest BCUT2D eigenvalue weighted by Crippen LogP contribution is -2.33. The summed E-state index contributed by atoms with van der Waals surface area (Å²) in [6, 6.07) is 9.39. The Balaban J connectivity index is 1.69. The van der Waals surface area contributed by atoms with Crippen LogP contribution in [0.3, 0.4) is 0 Å². The summed E-state index contributed by atoms with van der Waals surface area (Å²) in [4.78, 5) is 3.36. The van der Waals surface area contributed by atoms with Gasteiger partial charge >= 0.3 is 0 Å². The first-order chi connectivity index (χ1) is 9.34. The fourth-order valence-corrected chi connectivity index (χ4v) is 3.33. The largest absolute Gasteiger partial charge is 0.361 e. The Bertz CT molecular complexity index is 529. The molecule has 0 radical (unpaired) electrons. The minimum atomic E-state index is 0.688. The van der Waals surface area contributed by atoms with Crippen LogP contribution in [0.2, 0.25) is 0 Å². The molecule has 1 saturated carbocycles. The van der Waals surface area contributed by atoms with Crippen molar-refractivity contribution in [3.63, 3.8) is 0 Å². The molecule has 1 aromatic heterocycles. The molecule has 0 spiro atoms. The summed E-state index contributed by atoms with van der Waals surface area (Å²) in [7, 11) is 0. The van der Waals surface area contributed by atoms with Crippen LogP contribution in [0.1, 0.15) is 44.6 Å². The molecule has 1 fully saturated rings. The average Bonchev–Trinajstić information content (AvgIpc) is 2.81. The molecule has 2 N–H and O–H groups in total. The fraction of sp³-hybridized carbons (Fsp3) is 0.529. The second kappa shape index (κ2) is 5.79. The van der Waals surface area contributed by atoms with E-state index in [4.69, 9.17) is 0 Å². The number of benzene rings is 1. The molecule has 3 rings (SSSR count). The van der Waals surface area contributed by atoms with Crippen LogP contribution in [0, 0.1) is 5.92 Å². The summed E-state index contributed by atoms with van der Waals surface area (Å²) in [5.74, 6) is 0.811. The molecule has 0 bridgehead atoms. The number of fused-ring (bicyclic) bond motifs is 1. The quantitative estimate of drug-likeness (QED) is 0.790. The number of nitrogens with one attached hydrogen (secondary N) is 2. The van der Waals surface area contributed by atoms with Gasteiger partial charge in [0, 0.05) is 24.3 Å². The van der Waals surface area contributed by atoms with Gasteiger partial charge in [0.1, 0.15) is 0 Å². The first-order valence-electron chi connectivity index (χ1n) is 7.63. The van der Waals surface area contributed by atoms with Crippen LogP contribution < -0.4 is 5.32 Å². The molecule has 2 atom stereocenters. The topological polar surface area (TPSA) is 27.8 Å². The maximum Gasteiger partial charge on any atom is 0.0499 e. The average molecular weight is 256 g/mol. The molecular weight excluding hydrogens is 232 g/mol. The van der Waals surface area contributed by atoms with Gasteiger partial charge in [-0.15, -0.1) is 0 Å². The molecule has 0 saturated heterocycles. The third-order valence-corrected chi connectivity index (χ3v) is 4.59. The first-order valence-corrected chi connectivity index (χ1v) is 7.63. The van der Waals surface area contributed by atoms with Gasteiger partial charge in [-0.2, -0.15) is 0 Å². The Hall–Kier alpha value is -1.28. The van der Waals surface area contributed by atoms with Crippen LogP contribution in [-0.4, -0.2) is 11.0 Å². The van der Waals surface area contributed by atoms with E-state index in [1.807, 2.05) is 6.20 Å². The van der Waals surface area contributed by atoms with Gasteiger partial charge in [0.05, 0.1) is 0 Å². The summed E-state index contributed by atoms with van der Waals surface area (Å²) < 4.78 is 0. The Morgan fingerprint density at radius 2 is 2.05 bits per heavy atom. The van der Waals surface area contributed by atoms with E-state index in [1.54, 1.807) is 0 Å². The molecule has 0 aliphatic heterocycles. The number of rotatable bonds is 3. The van der Waals surface area contributed by atoms with Gasteiger partial charge in [-0.25, -0.2) is 0 Å². The van der Waals surface area contributed by atoms with E-state index in [0.717, 1.165) is 12.5 Å². The van der Waals surface area contributed by atoms with E-state index >= 15 is 0 Å². The van der Waals surface area contributed by atoms with E-state index in [9.17, 15) is 0 Å². The zero-order valence-electron chi connectivity index (χ0n) is 11.8. The van der Waals surface area contributed by atoms with Crippen LogP contribution in [0.25, 0.3) is 10.9 Å². The lowest BCUT2D eigenvalue weighted by Gasteiger charge is -2.23. The molecule has 102 valence electrons. The predicted molar refractivity (Wildman–Crippen MR) is 81.2 cm³/mol. The molecular formula is C17H24N2. The summed E-state index contributed by atoms with van der Waals surface area (Å²) in [5.41, 5.74) is 2.68. The number of para-hydroxylation sites is 1. The van der Waals surface area contributed by atoms with Gasteiger partial charge in [-0.3, -0.25) is 0 Å². The van der Waals surface area contributed by atoms with E-state index in [2.05, 4.69) is 41.5 Å². The zero-order chi connectivity index (χ0) is 13.1. The molecule has 2 nitrogen and oxygen atoms in total. The van der Waals surface area contributed by atoms with E-state index < -0.39 is 0 Å². The minimum absolute atomic E-state index is 0.688. The normalized spacial score (nSPS) is 24.5. The maximum absolute atomic E-state index is 3.79. The van der Waals surface area contributed by atoms with Gasteiger partial charge in [-0.1, -0.05) is 44.4 Å². The second-order valence-corrected chi connectivity index (χ2v) is 5.96. The van der Waals surface area contributed by atoms with Crippen molar-refractivity contribution in [2.45, 2.75) is 51.6 Å². The number of hydrogen-bond donors (Lipinski definition) is 2. The molecule has 1 aliphatic carbocycles. The molecule has 1 heterocycles. The van der Waals surface area contributed by atoms with E-state index in [0.29, 0.717) is 6.04 Å². The van der Waals surface area contributed by atoms with Crippen molar-refractivity contribution in [2.75, 3.05) is 0 Å². The number of aromatic amines is 1. The highest BCUT2D eigenvalue weighted by Crippen LogP contribution is 2.24. The summed E-state index contributed by atoms with van der Waals surface area (Å²) in [6.45, 7) is 3.38. The van der Waals surface area contributed by atoms with Crippen molar-refractivity contribution < 1.29 is 0 Å². The van der Waals surface area contributed by atoms with Crippen molar-refractivity contribution in [2.24, 2.45) is 5.92 Å².